The quantitative estimate of drug-likeness (QED) is 0.467. The van der Waals surface area contributed by atoms with E-state index in [9.17, 15) is 13.2 Å². The number of benzene rings is 1. The number of amides is 1. The molecule has 0 aliphatic carbocycles. The van der Waals surface area contributed by atoms with E-state index in [1.54, 1.807) is 35.2 Å². The molecule has 0 saturated carbocycles. The Kier molecular flexibility index (Phi) is 7.12. The molecule has 31 heavy (non-hydrogen) atoms. The summed E-state index contributed by atoms with van der Waals surface area (Å²) < 4.78 is 28.2. The minimum atomic E-state index is -3.40. The largest absolute Gasteiger partial charge is 0.347 e. The normalized spacial score (nSPS) is 14.7. The summed E-state index contributed by atoms with van der Waals surface area (Å²) in [7, 11) is -3.40. The van der Waals surface area contributed by atoms with Crippen LogP contribution in [0.2, 0.25) is 0 Å². The monoisotopic (exact) mass is 493 g/mol. The zero-order valence-electron chi connectivity index (χ0n) is 17.0. The fourth-order valence-electron chi connectivity index (χ4n) is 3.21. The summed E-state index contributed by atoms with van der Waals surface area (Å²) in [5, 5.41) is 4.91. The Morgan fingerprint density at radius 2 is 1.90 bits per heavy atom. The molecule has 0 spiro atoms. The summed E-state index contributed by atoms with van der Waals surface area (Å²) >= 11 is 4.55. The maximum absolute atomic E-state index is 12.6. The van der Waals surface area contributed by atoms with Crippen molar-refractivity contribution in [3.05, 3.63) is 63.5 Å². The van der Waals surface area contributed by atoms with Gasteiger partial charge in [0.1, 0.15) is 8.55 Å². The average Bonchev–Trinajstić information content (AvgIpc) is 3.53. The SMILES string of the molecule is Cc1csc(SCc2ccc(C(=O)NCc3ccc(S(=O)(=O)N4CCCC4)s3)cc2)n1. The second-order valence-electron chi connectivity index (χ2n) is 7.26. The van der Waals surface area contributed by atoms with E-state index in [0.717, 1.165) is 39.1 Å². The minimum Gasteiger partial charge on any atom is -0.347 e. The molecule has 3 heterocycles. The Bertz CT molecular complexity index is 1150. The van der Waals surface area contributed by atoms with Gasteiger partial charge in [-0.15, -0.1) is 22.7 Å². The highest BCUT2D eigenvalue weighted by Gasteiger charge is 2.28. The minimum absolute atomic E-state index is 0.174. The molecule has 10 heteroatoms. The highest BCUT2D eigenvalue weighted by Crippen LogP contribution is 2.28. The number of sulfonamides is 1. The van der Waals surface area contributed by atoms with Crippen LogP contribution in [0.5, 0.6) is 0 Å². The van der Waals surface area contributed by atoms with Crippen molar-refractivity contribution < 1.29 is 13.2 Å². The van der Waals surface area contributed by atoms with Crippen LogP contribution in [0, 0.1) is 6.92 Å². The van der Waals surface area contributed by atoms with Crippen molar-refractivity contribution in [3.8, 4) is 0 Å². The lowest BCUT2D eigenvalue weighted by Crippen LogP contribution is -2.27. The van der Waals surface area contributed by atoms with Crippen LogP contribution in [0.3, 0.4) is 0 Å². The summed E-state index contributed by atoms with van der Waals surface area (Å²) in [4.78, 5) is 17.7. The van der Waals surface area contributed by atoms with E-state index in [2.05, 4.69) is 10.3 Å². The fraction of sp³-hybridized carbons (Fsp3) is 0.333. The number of aromatic nitrogens is 1. The van der Waals surface area contributed by atoms with Gasteiger partial charge in [-0.1, -0.05) is 23.9 Å². The molecule has 0 bridgehead atoms. The Morgan fingerprint density at radius 3 is 2.58 bits per heavy atom. The topological polar surface area (TPSA) is 79.4 Å². The van der Waals surface area contributed by atoms with Crippen LogP contribution in [0.4, 0.5) is 0 Å². The molecule has 1 fully saturated rings. The first kappa shape index (κ1) is 22.5. The molecule has 1 aliphatic rings. The van der Waals surface area contributed by atoms with E-state index in [1.165, 1.54) is 15.6 Å². The van der Waals surface area contributed by atoms with Crippen LogP contribution in [0.15, 0.2) is 50.3 Å². The lowest BCUT2D eigenvalue weighted by molar-refractivity contribution is 0.0951. The van der Waals surface area contributed by atoms with E-state index in [1.807, 2.05) is 36.6 Å². The number of nitrogens with zero attached hydrogens (tertiary/aromatic N) is 2. The molecule has 1 aliphatic heterocycles. The van der Waals surface area contributed by atoms with Crippen molar-refractivity contribution in [3.63, 3.8) is 0 Å². The van der Waals surface area contributed by atoms with Crippen LogP contribution >= 0.6 is 34.4 Å². The van der Waals surface area contributed by atoms with Crippen molar-refractivity contribution in [2.45, 2.75) is 40.6 Å². The standard InChI is InChI=1S/C21H23N3O3S4/c1-15-13-28-21(23-15)29-14-16-4-6-17(7-5-16)20(25)22-12-18-8-9-19(30-18)31(26,27)24-10-2-3-11-24/h4-9,13H,2-3,10-12,14H2,1H3,(H,22,25). The maximum atomic E-state index is 12.6. The van der Waals surface area contributed by atoms with Crippen LogP contribution in [-0.4, -0.2) is 36.7 Å². The van der Waals surface area contributed by atoms with E-state index in [0.29, 0.717) is 29.4 Å². The smallest absolute Gasteiger partial charge is 0.252 e. The van der Waals surface area contributed by atoms with E-state index in [-0.39, 0.29) is 5.91 Å². The highest BCUT2D eigenvalue weighted by molar-refractivity contribution is 8.00. The summed E-state index contributed by atoms with van der Waals surface area (Å²) in [6.07, 6.45) is 1.82. The zero-order chi connectivity index (χ0) is 21.8. The van der Waals surface area contributed by atoms with E-state index >= 15 is 0 Å². The fourth-order valence-corrected chi connectivity index (χ4v) is 7.99. The van der Waals surface area contributed by atoms with E-state index < -0.39 is 10.0 Å². The van der Waals surface area contributed by atoms with Gasteiger partial charge in [0.05, 0.1) is 6.54 Å². The molecule has 0 atom stereocenters. The molecule has 1 saturated heterocycles. The third kappa shape index (κ3) is 5.56. The molecule has 2 aromatic heterocycles. The van der Waals surface area contributed by atoms with Crippen molar-refractivity contribution in [1.82, 2.24) is 14.6 Å². The van der Waals surface area contributed by atoms with Crippen LogP contribution < -0.4 is 5.32 Å². The first-order valence-electron chi connectivity index (χ1n) is 9.93. The van der Waals surface area contributed by atoms with Crippen LogP contribution in [0.25, 0.3) is 0 Å². The van der Waals surface area contributed by atoms with Gasteiger partial charge in [0.15, 0.2) is 0 Å². The third-order valence-corrected chi connectivity index (χ3v) is 10.6. The molecule has 1 amide bonds. The van der Waals surface area contributed by atoms with Gasteiger partial charge in [0.2, 0.25) is 0 Å². The van der Waals surface area contributed by atoms with Crippen LogP contribution in [0.1, 0.15) is 39.3 Å². The number of thioether (sulfide) groups is 1. The van der Waals surface area contributed by atoms with Gasteiger partial charge in [-0.05, 0) is 49.6 Å². The number of aryl methyl sites for hydroxylation is 1. The van der Waals surface area contributed by atoms with Crippen molar-refractivity contribution in [2.75, 3.05) is 13.1 Å². The van der Waals surface area contributed by atoms with Gasteiger partial charge in [0, 0.05) is 40.4 Å². The molecule has 1 aromatic carbocycles. The molecule has 4 rings (SSSR count). The molecular weight excluding hydrogens is 471 g/mol. The van der Waals surface area contributed by atoms with Crippen molar-refractivity contribution >= 4 is 50.4 Å². The van der Waals surface area contributed by atoms with Crippen molar-refractivity contribution in [2.24, 2.45) is 0 Å². The Labute approximate surface area is 194 Å². The first-order chi connectivity index (χ1) is 14.9. The number of rotatable bonds is 8. The first-order valence-corrected chi connectivity index (χ1v) is 14.0. The van der Waals surface area contributed by atoms with Gasteiger partial charge in [-0.25, -0.2) is 13.4 Å². The second kappa shape index (κ2) is 9.83. The maximum Gasteiger partial charge on any atom is 0.252 e. The summed E-state index contributed by atoms with van der Waals surface area (Å²) in [6, 6.07) is 10.9. The number of hydrogen-bond acceptors (Lipinski definition) is 7. The van der Waals surface area contributed by atoms with Crippen LogP contribution in [-0.2, 0) is 22.3 Å². The predicted molar refractivity (Wildman–Crippen MR) is 126 cm³/mol. The number of nitrogens with one attached hydrogen (secondary N) is 1. The molecule has 3 aromatic rings. The summed E-state index contributed by atoms with van der Waals surface area (Å²) in [6.45, 7) is 3.46. The van der Waals surface area contributed by atoms with Crippen molar-refractivity contribution in [1.29, 1.82) is 0 Å². The Hall–Kier alpha value is -1.72. The number of carbonyl (C=O) groups excluding carboxylic acids is 1. The van der Waals surface area contributed by atoms with Gasteiger partial charge in [-0.2, -0.15) is 4.31 Å². The molecular formula is C21H23N3O3S4. The lowest BCUT2D eigenvalue weighted by atomic mass is 10.1. The zero-order valence-corrected chi connectivity index (χ0v) is 20.3. The predicted octanol–water partition coefficient (Wildman–Crippen LogP) is 4.52. The number of hydrogen-bond donors (Lipinski definition) is 1. The average molecular weight is 494 g/mol. The van der Waals surface area contributed by atoms with Gasteiger partial charge in [-0.3, -0.25) is 4.79 Å². The summed E-state index contributed by atoms with van der Waals surface area (Å²) in [5.74, 6) is 0.630. The highest BCUT2D eigenvalue weighted by atomic mass is 32.2. The number of thiazole rings is 1. The molecule has 6 nitrogen and oxygen atoms in total. The molecule has 1 N–H and O–H groups in total. The second-order valence-corrected chi connectivity index (χ2v) is 12.7. The lowest BCUT2D eigenvalue weighted by Gasteiger charge is -2.13. The summed E-state index contributed by atoms with van der Waals surface area (Å²) in [5.41, 5.74) is 2.75. The number of thiophene rings is 1. The third-order valence-electron chi connectivity index (χ3n) is 4.90. The number of carbonyl (C=O) groups is 1. The molecule has 0 radical (unpaired) electrons. The Balaban J connectivity index is 1.30. The molecule has 164 valence electrons. The van der Waals surface area contributed by atoms with Gasteiger partial charge >= 0.3 is 0 Å². The van der Waals surface area contributed by atoms with Gasteiger partial charge in [0.25, 0.3) is 15.9 Å². The van der Waals surface area contributed by atoms with Gasteiger partial charge < -0.3 is 5.32 Å². The van der Waals surface area contributed by atoms with E-state index in [4.69, 9.17) is 0 Å². The molecule has 0 unspecified atom stereocenters. The Morgan fingerprint density at radius 1 is 1.16 bits per heavy atom.